The van der Waals surface area contributed by atoms with Gasteiger partial charge in [-0.1, -0.05) is 41.1 Å². The van der Waals surface area contributed by atoms with E-state index >= 15 is 0 Å². The molecule has 0 spiro atoms. The monoisotopic (exact) mass is 313 g/mol. The first-order valence-corrected chi connectivity index (χ1v) is 7.10. The van der Waals surface area contributed by atoms with Gasteiger partial charge in [0.2, 0.25) is 5.91 Å². The fourth-order valence-corrected chi connectivity index (χ4v) is 2.23. The van der Waals surface area contributed by atoms with E-state index < -0.39 is 0 Å². The Labute approximate surface area is 117 Å². The molecular weight excluding hydrogens is 294 g/mol. The lowest BCUT2D eigenvalue weighted by atomic mass is 10.2. The second-order valence-corrected chi connectivity index (χ2v) is 5.96. The second-order valence-electron chi connectivity index (χ2n) is 4.40. The van der Waals surface area contributed by atoms with Gasteiger partial charge >= 0.3 is 0 Å². The Morgan fingerprint density at radius 2 is 2.00 bits per heavy atom. The highest BCUT2D eigenvalue weighted by Crippen LogP contribution is 2.09. The van der Waals surface area contributed by atoms with Gasteiger partial charge in [-0.05, 0) is 25.5 Å². The average molecular weight is 314 g/mol. The van der Waals surface area contributed by atoms with Gasteiger partial charge in [0.05, 0.1) is 13.0 Å². The molecule has 0 fully saturated rings. The van der Waals surface area contributed by atoms with Crippen molar-refractivity contribution in [1.29, 1.82) is 0 Å². The number of amides is 1. The standard InChI is InChI=1S/C14H20BrNO2/c1-11(15)10-12(2)16-14(17)8-9-18-13-6-4-3-5-7-13/h3-7,11-12H,8-10H2,1-2H3,(H,16,17). The van der Waals surface area contributed by atoms with E-state index in [-0.39, 0.29) is 11.9 Å². The van der Waals surface area contributed by atoms with Gasteiger partial charge in [0.15, 0.2) is 0 Å². The molecule has 0 radical (unpaired) electrons. The van der Waals surface area contributed by atoms with E-state index in [4.69, 9.17) is 4.74 Å². The molecule has 4 heteroatoms. The number of hydrogen-bond acceptors (Lipinski definition) is 2. The molecule has 2 unspecified atom stereocenters. The van der Waals surface area contributed by atoms with Gasteiger partial charge in [-0.2, -0.15) is 0 Å². The number of nitrogens with one attached hydrogen (secondary N) is 1. The smallest absolute Gasteiger partial charge is 0.223 e. The zero-order valence-corrected chi connectivity index (χ0v) is 12.4. The maximum atomic E-state index is 11.6. The van der Waals surface area contributed by atoms with Crippen molar-refractivity contribution in [2.24, 2.45) is 0 Å². The van der Waals surface area contributed by atoms with Crippen molar-refractivity contribution in [3.8, 4) is 5.75 Å². The molecule has 0 aliphatic rings. The highest BCUT2D eigenvalue weighted by atomic mass is 79.9. The number of carbonyl (C=O) groups excluding carboxylic acids is 1. The molecule has 0 aromatic heterocycles. The molecular formula is C14H20BrNO2. The molecule has 0 saturated heterocycles. The van der Waals surface area contributed by atoms with Crippen LogP contribution in [-0.4, -0.2) is 23.4 Å². The molecule has 0 bridgehead atoms. The Balaban J connectivity index is 2.17. The fourth-order valence-electron chi connectivity index (χ4n) is 1.67. The summed E-state index contributed by atoms with van der Waals surface area (Å²) in [6, 6.07) is 9.70. The predicted octanol–water partition coefficient (Wildman–Crippen LogP) is 3.13. The van der Waals surface area contributed by atoms with Crippen LogP contribution in [0.25, 0.3) is 0 Å². The van der Waals surface area contributed by atoms with E-state index in [0.29, 0.717) is 17.9 Å². The van der Waals surface area contributed by atoms with Crippen LogP contribution in [0, 0.1) is 0 Å². The summed E-state index contributed by atoms with van der Waals surface area (Å²) in [6.07, 6.45) is 1.31. The first-order chi connectivity index (χ1) is 8.58. The summed E-state index contributed by atoms with van der Waals surface area (Å²) >= 11 is 3.47. The normalized spacial score (nSPS) is 13.7. The molecule has 3 nitrogen and oxygen atoms in total. The second kappa shape index (κ2) is 8.14. The van der Waals surface area contributed by atoms with Crippen molar-refractivity contribution in [1.82, 2.24) is 5.32 Å². The zero-order valence-electron chi connectivity index (χ0n) is 10.9. The maximum absolute atomic E-state index is 11.6. The van der Waals surface area contributed by atoms with Crippen LogP contribution < -0.4 is 10.1 Å². The van der Waals surface area contributed by atoms with Crippen molar-refractivity contribution >= 4 is 21.8 Å². The Morgan fingerprint density at radius 1 is 1.33 bits per heavy atom. The van der Waals surface area contributed by atoms with E-state index in [2.05, 4.69) is 28.2 Å². The van der Waals surface area contributed by atoms with Crippen LogP contribution in [0.2, 0.25) is 0 Å². The molecule has 0 saturated carbocycles. The van der Waals surface area contributed by atoms with Crippen molar-refractivity contribution in [3.63, 3.8) is 0 Å². The highest BCUT2D eigenvalue weighted by molar-refractivity contribution is 9.09. The van der Waals surface area contributed by atoms with Gasteiger partial charge in [-0.3, -0.25) is 4.79 Å². The lowest BCUT2D eigenvalue weighted by Gasteiger charge is -2.15. The molecule has 18 heavy (non-hydrogen) atoms. The van der Waals surface area contributed by atoms with Crippen LogP contribution in [0.4, 0.5) is 0 Å². The number of hydrogen-bond donors (Lipinski definition) is 1. The van der Waals surface area contributed by atoms with E-state index in [9.17, 15) is 4.79 Å². The minimum absolute atomic E-state index is 0.0339. The Morgan fingerprint density at radius 3 is 2.61 bits per heavy atom. The lowest BCUT2D eigenvalue weighted by Crippen LogP contribution is -2.34. The molecule has 1 N–H and O–H groups in total. The van der Waals surface area contributed by atoms with Crippen LogP contribution in [0.3, 0.4) is 0 Å². The SMILES string of the molecule is CC(Br)CC(C)NC(=O)CCOc1ccccc1. The number of rotatable bonds is 7. The van der Waals surface area contributed by atoms with Crippen LogP contribution in [0.5, 0.6) is 5.75 Å². The third-order valence-electron chi connectivity index (χ3n) is 2.43. The molecule has 1 rings (SSSR count). The highest BCUT2D eigenvalue weighted by Gasteiger charge is 2.09. The Hall–Kier alpha value is -1.03. The number of alkyl halides is 1. The van der Waals surface area contributed by atoms with Crippen molar-refractivity contribution in [2.45, 2.75) is 37.6 Å². The van der Waals surface area contributed by atoms with Crippen molar-refractivity contribution in [3.05, 3.63) is 30.3 Å². The first kappa shape index (κ1) is 15.0. The molecule has 100 valence electrons. The van der Waals surface area contributed by atoms with Gasteiger partial charge in [0, 0.05) is 10.9 Å². The van der Waals surface area contributed by atoms with Gasteiger partial charge < -0.3 is 10.1 Å². The molecule has 1 aromatic rings. The fraction of sp³-hybridized carbons (Fsp3) is 0.500. The Bertz CT molecular complexity index is 354. The third-order valence-corrected chi connectivity index (χ3v) is 2.80. The van der Waals surface area contributed by atoms with Gasteiger partial charge in [-0.15, -0.1) is 0 Å². The maximum Gasteiger partial charge on any atom is 0.223 e. The third kappa shape index (κ3) is 6.64. The number of para-hydroxylation sites is 1. The number of halogens is 1. The Kier molecular flexibility index (Phi) is 6.80. The van der Waals surface area contributed by atoms with Gasteiger partial charge in [0.25, 0.3) is 0 Å². The molecule has 2 atom stereocenters. The molecule has 1 aromatic carbocycles. The molecule has 0 aliphatic heterocycles. The van der Waals surface area contributed by atoms with Crippen molar-refractivity contribution < 1.29 is 9.53 Å². The van der Waals surface area contributed by atoms with E-state index in [1.165, 1.54) is 0 Å². The summed E-state index contributed by atoms with van der Waals surface area (Å²) in [7, 11) is 0. The first-order valence-electron chi connectivity index (χ1n) is 6.19. The summed E-state index contributed by atoms with van der Waals surface area (Å²) in [5.74, 6) is 0.832. The van der Waals surface area contributed by atoms with Crippen molar-refractivity contribution in [2.75, 3.05) is 6.61 Å². The minimum atomic E-state index is 0.0339. The van der Waals surface area contributed by atoms with E-state index in [1.54, 1.807) is 0 Å². The largest absolute Gasteiger partial charge is 0.493 e. The lowest BCUT2D eigenvalue weighted by molar-refractivity contribution is -0.122. The summed E-state index contributed by atoms with van der Waals surface area (Å²) in [6.45, 7) is 4.49. The number of carbonyl (C=O) groups is 1. The van der Waals surface area contributed by atoms with E-state index in [1.807, 2.05) is 37.3 Å². The molecule has 1 amide bonds. The average Bonchev–Trinajstić information content (AvgIpc) is 2.29. The van der Waals surface area contributed by atoms with Gasteiger partial charge in [-0.25, -0.2) is 0 Å². The van der Waals surface area contributed by atoms with Crippen LogP contribution in [0.15, 0.2) is 30.3 Å². The van der Waals surface area contributed by atoms with Crippen LogP contribution in [0.1, 0.15) is 26.7 Å². The molecule has 0 aliphatic carbocycles. The van der Waals surface area contributed by atoms with Crippen LogP contribution in [-0.2, 0) is 4.79 Å². The predicted molar refractivity (Wildman–Crippen MR) is 77.2 cm³/mol. The minimum Gasteiger partial charge on any atom is -0.493 e. The van der Waals surface area contributed by atoms with E-state index in [0.717, 1.165) is 12.2 Å². The zero-order chi connectivity index (χ0) is 13.4. The molecule has 0 heterocycles. The van der Waals surface area contributed by atoms with Gasteiger partial charge in [0.1, 0.15) is 5.75 Å². The summed E-state index contributed by atoms with van der Waals surface area (Å²) in [5, 5.41) is 2.95. The summed E-state index contributed by atoms with van der Waals surface area (Å²) < 4.78 is 5.47. The number of ether oxygens (including phenoxy) is 1. The number of benzene rings is 1. The summed E-state index contributed by atoms with van der Waals surface area (Å²) in [4.78, 5) is 12.0. The summed E-state index contributed by atoms with van der Waals surface area (Å²) in [5.41, 5.74) is 0. The quantitative estimate of drug-likeness (QED) is 0.785. The van der Waals surface area contributed by atoms with Crippen LogP contribution >= 0.6 is 15.9 Å². The topological polar surface area (TPSA) is 38.3 Å².